The van der Waals surface area contributed by atoms with E-state index in [0.29, 0.717) is 110 Å². The number of unbranched alkanes of at least 4 members (excludes halogenated alkanes) is 3. The zero-order chi connectivity index (χ0) is 105. The van der Waals surface area contributed by atoms with Crippen LogP contribution in [0.3, 0.4) is 0 Å². The average Bonchev–Trinajstić information content (AvgIpc) is 0.761. The number of thioether (sulfide) groups is 1. The number of nitrogens with two attached hydrogens (primary N) is 1. The van der Waals surface area contributed by atoms with Gasteiger partial charge in [-0.1, -0.05) is 102 Å². The number of aliphatic hydroxyl groups excluding tert-OH is 4. The lowest BCUT2D eigenvalue weighted by molar-refractivity contribution is -0.335. The molecule has 2 aromatic rings. The number of carbonyl (C=O) groups is 12. The van der Waals surface area contributed by atoms with Crippen molar-refractivity contribution in [3.63, 3.8) is 0 Å². The Bertz CT molecular complexity index is 4990. The average molecular weight is 2190 g/mol. The van der Waals surface area contributed by atoms with Gasteiger partial charge in [-0.15, -0.1) is 0 Å². The van der Waals surface area contributed by atoms with Crippen LogP contribution in [0.15, 0.2) is 71.4 Å². The van der Waals surface area contributed by atoms with E-state index in [2.05, 4.69) is 55.7 Å². The number of rotatable bonds is 55. The van der Waals surface area contributed by atoms with Gasteiger partial charge in [0, 0.05) is 142 Å². The minimum Gasteiger partial charge on any atom is -0.496 e. The molecule has 13 N–H and O–H groups in total. The van der Waals surface area contributed by atoms with Gasteiger partial charge in [0.15, 0.2) is 36.0 Å². The van der Waals surface area contributed by atoms with E-state index in [1.807, 2.05) is 43.4 Å². The number of esters is 1. The van der Waals surface area contributed by atoms with Crippen molar-refractivity contribution in [3.8, 4) is 35.2 Å². The van der Waals surface area contributed by atoms with Gasteiger partial charge in [-0.25, -0.2) is 9.59 Å². The lowest BCUT2D eigenvalue weighted by Crippen LogP contribution is -2.64. The molecule has 5 aliphatic heterocycles. The third-order valence-electron chi connectivity index (χ3n) is 25.6. The summed E-state index contributed by atoms with van der Waals surface area (Å²) >= 11 is 2.89. The molecule has 21 atom stereocenters. The first-order valence-corrected chi connectivity index (χ1v) is 53.0. The van der Waals surface area contributed by atoms with Crippen molar-refractivity contribution in [1.29, 1.82) is 0 Å². The van der Waals surface area contributed by atoms with E-state index in [9.17, 15) is 83.1 Å². The van der Waals surface area contributed by atoms with E-state index in [0.717, 1.165) is 16.7 Å². The number of hydroxylamine groups is 1. The van der Waals surface area contributed by atoms with E-state index < -0.39 is 168 Å². The number of primary amides is 1. The number of benzene rings is 2. The van der Waals surface area contributed by atoms with Crippen molar-refractivity contribution in [1.82, 2.24) is 31.6 Å². The van der Waals surface area contributed by atoms with Gasteiger partial charge < -0.3 is 124 Å². The molecule has 8 amide bonds. The molecule has 144 heavy (non-hydrogen) atoms. The number of hydrogen-bond acceptors (Lipinski definition) is 35. The summed E-state index contributed by atoms with van der Waals surface area (Å²) in [6.07, 6.45) is -6.69. The van der Waals surface area contributed by atoms with Gasteiger partial charge in [-0.05, 0) is 183 Å². The summed E-state index contributed by atoms with van der Waals surface area (Å²) < 4.78 is 78.3. The van der Waals surface area contributed by atoms with Gasteiger partial charge in [-0.2, -0.15) is 5.48 Å². The monoisotopic (exact) mass is 2180 g/mol. The molecule has 0 saturated carbocycles. The minimum absolute atomic E-state index is 0.00981. The van der Waals surface area contributed by atoms with Crippen LogP contribution in [0.4, 0.5) is 15.3 Å². The Balaban J connectivity index is 0.709. The Morgan fingerprint density at radius 2 is 1.44 bits per heavy atom. The molecule has 2 aromatic carbocycles. The van der Waals surface area contributed by atoms with Crippen LogP contribution in [0.2, 0.25) is 0 Å². The number of carbonyl (C=O) groups excluding carboxylic acids is 12. The number of Topliss-reactive ketones (excluding diaryl/α,β-unsaturated/α-hetero) is 3. The van der Waals surface area contributed by atoms with Crippen molar-refractivity contribution in [2.45, 2.75) is 306 Å². The zero-order valence-corrected chi connectivity index (χ0v) is 88.7. The van der Waals surface area contributed by atoms with Crippen LogP contribution < -0.4 is 47.3 Å². The van der Waals surface area contributed by atoms with Crippen molar-refractivity contribution in [2.75, 3.05) is 91.6 Å². The molecule has 0 aromatic heterocycles. The van der Waals surface area contributed by atoms with E-state index in [1.54, 1.807) is 78.8 Å². The molecule has 7 aliphatic rings. The highest BCUT2D eigenvalue weighted by Gasteiger charge is 2.53. The molecule has 39 nitrogen and oxygen atoms in total. The number of nitrogens with zero attached hydrogens (tertiary/aromatic N) is 1. The smallest absolute Gasteiger partial charge is 0.407 e. The summed E-state index contributed by atoms with van der Waals surface area (Å²) in [4.78, 5) is 164. The SMILES string of the molecule is COC(=O)CC1=C2/C(=C\CSSC(C)(C)CCC(=O)NCCCCOCCOCCCNC(=O)OCc3ccc(NC(=O)[C@H](CCCNC(N)=O)CC(=O)[C@@H](NC(=O)CCCCCN4C(=O)C=CC4=O)C(C)C)cc3)[C@](O)(C#C/C=C\C#C[C@@H]2OC2OC(C)C(NOC3CC(O)C(SC(=O)c4c(C)c(I)c(OC5OC(C)C(O)C(OC)C5O)c(C)c4OC)C(C)O3)C(O)C2OC2CC(C)C(CC(C)=O)CO2)CC1=O. The highest BCUT2D eigenvalue weighted by atomic mass is 127. The van der Waals surface area contributed by atoms with Crippen LogP contribution in [0.1, 0.15) is 199 Å². The first-order valence-electron chi connectivity index (χ1n) is 48.7. The second-order valence-electron chi connectivity index (χ2n) is 37.6. The van der Waals surface area contributed by atoms with Gasteiger partial charge in [0.2, 0.25) is 29.1 Å². The fourth-order valence-corrected chi connectivity index (χ4v) is 21.8. The van der Waals surface area contributed by atoms with E-state index in [4.69, 9.17) is 72.2 Å². The Kier molecular flexibility index (Phi) is 48.3. The molecular formula is C101H141IN8O31S3. The van der Waals surface area contributed by atoms with Crippen LogP contribution in [-0.2, 0) is 107 Å². The first-order chi connectivity index (χ1) is 68.5. The number of fused-ring (bicyclic) bond motifs is 2. The lowest BCUT2D eigenvalue weighted by atomic mass is 9.72. The van der Waals surface area contributed by atoms with Crippen LogP contribution in [0, 0.1) is 64.8 Å². The normalized spacial score (nSPS) is 26.7. The third-order valence-corrected chi connectivity index (χ3v) is 31.5. The van der Waals surface area contributed by atoms with Crippen molar-refractivity contribution < 1.29 is 149 Å². The predicted molar refractivity (Wildman–Crippen MR) is 541 cm³/mol. The highest BCUT2D eigenvalue weighted by molar-refractivity contribution is 14.1. The van der Waals surface area contributed by atoms with Crippen LogP contribution in [-0.4, -0.2) is 301 Å². The second kappa shape index (κ2) is 58.5. The fraction of sp³-hybridized carbons (Fsp3) is 0.644. The number of nitrogens with one attached hydrogen (secondary N) is 6. The molecule has 5 heterocycles. The molecule has 4 saturated heterocycles. The summed E-state index contributed by atoms with van der Waals surface area (Å²) in [5.41, 5.74) is 8.21. The number of allylic oxidation sites excluding steroid dienone is 2. The topological polar surface area (TPSA) is 537 Å². The second-order valence-corrected chi connectivity index (χ2v) is 42.9. The molecule has 9 rings (SSSR count). The van der Waals surface area contributed by atoms with E-state index in [1.165, 1.54) is 74.1 Å². The molecule has 0 spiro atoms. The largest absolute Gasteiger partial charge is 0.496 e. The summed E-state index contributed by atoms with van der Waals surface area (Å²) in [7, 11) is 6.84. The van der Waals surface area contributed by atoms with E-state index >= 15 is 0 Å². The number of anilines is 1. The summed E-state index contributed by atoms with van der Waals surface area (Å²) in [5, 5.41) is 71.7. The first kappa shape index (κ1) is 119. The highest BCUT2D eigenvalue weighted by Crippen LogP contribution is 2.47. The number of methoxy groups -OCH3 is 3. The minimum atomic E-state index is -2.16. The van der Waals surface area contributed by atoms with Gasteiger partial charge in [0.25, 0.3) is 11.8 Å². The number of aliphatic hydroxyl groups is 5. The van der Waals surface area contributed by atoms with Crippen molar-refractivity contribution >= 4 is 132 Å². The molecule has 796 valence electrons. The molecule has 43 heteroatoms. The number of amides is 8. The maximum Gasteiger partial charge on any atom is 0.407 e. The quantitative estimate of drug-likeness (QED) is 0.00566. The van der Waals surface area contributed by atoms with Gasteiger partial charge in [0.05, 0.1) is 97.8 Å². The Hall–Kier alpha value is -8.50. The number of alkyl carbamates (subject to hydrolysis) is 1. The number of ketones is 3. The standard InChI is InChI=1S/C101H141IN8O31S3/c1-56(2)84(108-75(116)28-19-17-22-42-110-76(117)33-34-77(110)118)70(112)50-65(26-24-40-105-98(103)125)94(123)107-67-31-29-64(30-32-67)54-134-99(126)106-41-25-44-132-46-45-131-43-23-21-39-104-74(115)35-38-100(10,11)144-142-47-36-69-82-68(51-78(119)128-12)72(114)53-101(69,127)37-20-16-15-18-27-73(82)138-97-92(139-79-48-57(3)66(55-133-79)49-58(4)111)87(121)85(61(7)136-97)109-141-80-52-71(113)93(63(9)135-80)143-95(124)81-59(5)83(102)90(60(6)89(81)129-13)140-96-88(122)91(130-14)86(120)62(8)137-96/h15-16,29-34,36,56-57,61-63,65-66,71,73,79-80,84-88,91-93,96-97,109,113,120-122,127H,17,19,21-26,28,35,38-55H2,1-14H3,(H,104,115)(H,106,126)(H,107,123)(H,108,116)(H3,103,105,125)/b16-15-,69-36+/t57?,61?,62?,63?,65-,66?,71?,73+,79?,80?,84+,85?,86?,87?,88?,91?,92?,93?,96?,97?,101+/m1/s1. The summed E-state index contributed by atoms with van der Waals surface area (Å²) in [6.45, 7) is 22.0. The Labute approximate surface area is 866 Å². The number of urea groups is 1. The van der Waals surface area contributed by atoms with Crippen LogP contribution in [0.25, 0.3) is 0 Å². The van der Waals surface area contributed by atoms with Crippen LogP contribution in [0.5, 0.6) is 11.5 Å². The van der Waals surface area contributed by atoms with Gasteiger partial charge in [0.1, 0.15) is 60.5 Å². The van der Waals surface area contributed by atoms with Crippen molar-refractivity contribution in [2.24, 2.45) is 29.4 Å². The van der Waals surface area contributed by atoms with Crippen molar-refractivity contribution in [3.05, 3.63) is 97.2 Å². The maximum atomic E-state index is 14.6. The fourth-order valence-electron chi connectivity index (χ4n) is 17.4. The molecule has 2 aliphatic carbocycles. The van der Waals surface area contributed by atoms with Gasteiger partial charge in [-0.3, -0.25) is 52.9 Å². The molecule has 2 bridgehead atoms. The molecule has 4 fully saturated rings. The number of imide groups is 1. The third kappa shape index (κ3) is 35.3. The Morgan fingerprint density at radius 3 is 2.12 bits per heavy atom. The maximum absolute atomic E-state index is 14.6. The number of ether oxygens (including phenoxy) is 13. The predicted octanol–water partition coefficient (Wildman–Crippen LogP) is 8.10. The number of halogens is 1. The summed E-state index contributed by atoms with van der Waals surface area (Å²) in [6, 6.07) is 3.87. The van der Waals surface area contributed by atoms with E-state index in [-0.39, 0.29) is 170 Å². The molecule has 17 unspecified atom stereocenters. The number of hydrogen-bond donors (Lipinski definition) is 12. The zero-order valence-electron chi connectivity index (χ0n) is 84.1. The Morgan fingerprint density at radius 1 is 0.750 bits per heavy atom. The molecule has 0 radical (unpaired) electrons. The summed E-state index contributed by atoms with van der Waals surface area (Å²) in [5.74, 6) is 7.55. The lowest BCUT2D eigenvalue weighted by Gasteiger charge is -2.46. The van der Waals surface area contributed by atoms with Gasteiger partial charge >= 0.3 is 18.1 Å². The van der Waals surface area contributed by atoms with Crippen LogP contribution >= 0.6 is 55.9 Å². The molecular weight excluding hydrogens is 2040 g/mol.